The summed E-state index contributed by atoms with van der Waals surface area (Å²) < 4.78 is 7.46. The fraction of sp³-hybridized carbons (Fsp3) is 0.0909. The number of benzene rings is 1. The predicted octanol–water partition coefficient (Wildman–Crippen LogP) is 4.34. The molecule has 0 amide bonds. The Morgan fingerprint density at radius 3 is 2.65 bits per heavy atom. The second-order valence-electron chi connectivity index (χ2n) is 3.26. The van der Waals surface area contributed by atoms with Crippen LogP contribution < -0.4 is 4.74 Å². The second-order valence-corrected chi connectivity index (χ2v) is 5.38. The maximum Gasteiger partial charge on any atom is 0.138 e. The normalized spacial score (nSPS) is 10.3. The molecule has 0 fully saturated rings. The summed E-state index contributed by atoms with van der Waals surface area (Å²) in [5.74, 6) is 1.51. The molecule has 3 nitrogen and oxygen atoms in total. The fourth-order valence-electron chi connectivity index (χ4n) is 1.34. The zero-order chi connectivity index (χ0) is 12.4. The first-order valence-electron chi connectivity index (χ1n) is 4.70. The molecule has 6 heteroatoms. The van der Waals surface area contributed by atoms with Gasteiger partial charge in [0.25, 0.3) is 0 Å². The van der Waals surface area contributed by atoms with E-state index in [9.17, 15) is 0 Å². The van der Waals surface area contributed by atoms with Crippen LogP contribution in [0.1, 0.15) is 0 Å². The van der Waals surface area contributed by atoms with Crippen molar-refractivity contribution in [2.75, 3.05) is 7.11 Å². The van der Waals surface area contributed by atoms with Crippen molar-refractivity contribution in [1.29, 1.82) is 0 Å². The Hall–Kier alpha value is -0.720. The Morgan fingerprint density at radius 1 is 1.29 bits per heavy atom. The quantitative estimate of drug-likeness (QED) is 0.793. The summed E-state index contributed by atoms with van der Waals surface area (Å²) in [6.45, 7) is 0. The van der Waals surface area contributed by atoms with E-state index in [1.54, 1.807) is 13.3 Å². The van der Waals surface area contributed by atoms with Crippen LogP contribution in [0.5, 0.6) is 5.75 Å². The molecule has 0 spiro atoms. The monoisotopic (exact) mass is 374 g/mol. The van der Waals surface area contributed by atoms with Crippen molar-refractivity contribution < 1.29 is 4.74 Å². The van der Waals surface area contributed by atoms with Crippen molar-refractivity contribution in [3.8, 4) is 17.1 Å². The highest BCUT2D eigenvalue weighted by molar-refractivity contribution is 9.10. The van der Waals surface area contributed by atoms with Gasteiger partial charge in [-0.25, -0.2) is 4.98 Å². The largest absolute Gasteiger partial charge is 0.496 e. The van der Waals surface area contributed by atoms with E-state index in [0.717, 1.165) is 26.1 Å². The van der Waals surface area contributed by atoms with E-state index in [1.165, 1.54) is 0 Å². The number of rotatable bonds is 2. The standard InChI is InChI=1S/C11H8Br2N2OS/c1-16-9-3-2-6(4-7(9)12)10-14-5-8(13)11(17)15-10/h2-5H,1H3,(H,14,15,17). The Morgan fingerprint density at radius 2 is 2.06 bits per heavy atom. The van der Waals surface area contributed by atoms with Crippen molar-refractivity contribution in [1.82, 2.24) is 9.97 Å². The first kappa shape index (κ1) is 12.7. The van der Waals surface area contributed by atoms with Crippen molar-refractivity contribution >= 4 is 44.1 Å². The molecule has 1 heterocycles. The molecule has 2 rings (SSSR count). The molecule has 0 saturated carbocycles. The Balaban J connectivity index is 2.50. The molecule has 0 unspecified atom stereocenters. The minimum Gasteiger partial charge on any atom is -0.496 e. The van der Waals surface area contributed by atoms with Crippen molar-refractivity contribution in [2.24, 2.45) is 0 Å². The van der Waals surface area contributed by atoms with Gasteiger partial charge in [-0.2, -0.15) is 0 Å². The van der Waals surface area contributed by atoms with Gasteiger partial charge in [0.1, 0.15) is 16.2 Å². The average Bonchev–Trinajstić information content (AvgIpc) is 2.32. The Labute approximate surface area is 121 Å². The maximum absolute atomic E-state index is 5.17. The minimum atomic E-state index is 0.627. The molecule has 1 aromatic heterocycles. The van der Waals surface area contributed by atoms with E-state index < -0.39 is 0 Å². The number of nitrogens with one attached hydrogen (secondary N) is 1. The Kier molecular flexibility index (Phi) is 3.96. The highest BCUT2D eigenvalue weighted by atomic mass is 79.9. The number of hydrogen-bond donors (Lipinski definition) is 1. The molecular weight excluding hydrogens is 368 g/mol. The van der Waals surface area contributed by atoms with Crippen molar-refractivity contribution in [3.05, 3.63) is 38.0 Å². The summed E-state index contributed by atoms with van der Waals surface area (Å²) in [6.07, 6.45) is 1.69. The zero-order valence-corrected chi connectivity index (χ0v) is 12.8. The van der Waals surface area contributed by atoms with Crippen molar-refractivity contribution in [3.63, 3.8) is 0 Å². The third kappa shape index (κ3) is 2.75. The van der Waals surface area contributed by atoms with Gasteiger partial charge in [-0.05, 0) is 50.1 Å². The van der Waals surface area contributed by atoms with E-state index in [0.29, 0.717) is 4.64 Å². The second kappa shape index (κ2) is 5.29. The van der Waals surface area contributed by atoms with E-state index in [4.69, 9.17) is 17.0 Å². The lowest BCUT2D eigenvalue weighted by Gasteiger charge is -2.06. The number of hydrogen-bond acceptors (Lipinski definition) is 3. The number of nitrogens with zero attached hydrogens (tertiary/aromatic N) is 1. The number of ether oxygens (including phenoxy) is 1. The number of methoxy groups -OCH3 is 1. The summed E-state index contributed by atoms with van der Waals surface area (Å²) >= 11 is 11.9. The average molecular weight is 376 g/mol. The first-order valence-corrected chi connectivity index (χ1v) is 6.70. The van der Waals surface area contributed by atoms with Gasteiger partial charge in [0.2, 0.25) is 0 Å². The molecular formula is C11H8Br2N2OS. The smallest absolute Gasteiger partial charge is 0.138 e. The summed E-state index contributed by atoms with van der Waals surface area (Å²) in [4.78, 5) is 7.33. The summed E-state index contributed by atoms with van der Waals surface area (Å²) in [5.41, 5.74) is 0.941. The molecule has 0 radical (unpaired) electrons. The zero-order valence-electron chi connectivity index (χ0n) is 8.83. The van der Waals surface area contributed by atoms with Gasteiger partial charge in [-0.3, -0.25) is 0 Å². The molecule has 1 aromatic carbocycles. The lowest BCUT2D eigenvalue weighted by atomic mass is 10.2. The number of aromatic amines is 1. The molecule has 0 atom stereocenters. The molecule has 0 aliphatic rings. The number of H-pyrrole nitrogens is 1. The minimum absolute atomic E-state index is 0.627. The molecule has 0 saturated heterocycles. The Bertz CT molecular complexity index is 613. The van der Waals surface area contributed by atoms with E-state index in [1.807, 2.05) is 18.2 Å². The molecule has 17 heavy (non-hydrogen) atoms. The van der Waals surface area contributed by atoms with Crippen LogP contribution in [-0.4, -0.2) is 17.1 Å². The lowest BCUT2D eigenvalue weighted by Crippen LogP contribution is -1.91. The van der Waals surface area contributed by atoms with Crippen LogP contribution in [0.15, 0.2) is 33.3 Å². The van der Waals surface area contributed by atoms with Crippen molar-refractivity contribution in [2.45, 2.75) is 0 Å². The van der Waals surface area contributed by atoms with Gasteiger partial charge in [0, 0.05) is 11.8 Å². The van der Waals surface area contributed by atoms with Gasteiger partial charge in [-0.1, -0.05) is 12.2 Å². The van der Waals surface area contributed by atoms with Crippen LogP contribution in [0, 0.1) is 4.64 Å². The van der Waals surface area contributed by atoms with Gasteiger partial charge in [-0.15, -0.1) is 0 Å². The number of aromatic nitrogens is 2. The SMILES string of the molecule is COc1ccc(-c2ncc(Br)c(=S)[nH]2)cc1Br. The fourth-order valence-corrected chi connectivity index (χ4v) is 2.23. The third-order valence-electron chi connectivity index (χ3n) is 2.18. The van der Waals surface area contributed by atoms with Crippen LogP contribution in [-0.2, 0) is 0 Å². The van der Waals surface area contributed by atoms with Crippen LogP contribution in [0.25, 0.3) is 11.4 Å². The molecule has 1 N–H and O–H groups in total. The van der Waals surface area contributed by atoms with Crippen LogP contribution in [0.2, 0.25) is 0 Å². The van der Waals surface area contributed by atoms with E-state index >= 15 is 0 Å². The lowest BCUT2D eigenvalue weighted by molar-refractivity contribution is 0.412. The molecule has 0 aliphatic heterocycles. The summed E-state index contributed by atoms with van der Waals surface area (Å²) in [5, 5.41) is 0. The van der Waals surface area contributed by atoms with Gasteiger partial charge >= 0.3 is 0 Å². The molecule has 0 bridgehead atoms. The van der Waals surface area contributed by atoms with Gasteiger partial charge in [0.05, 0.1) is 16.1 Å². The predicted molar refractivity (Wildman–Crippen MR) is 76.8 cm³/mol. The van der Waals surface area contributed by atoms with E-state index in [2.05, 4.69) is 41.8 Å². The first-order chi connectivity index (χ1) is 8.11. The maximum atomic E-state index is 5.17. The highest BCUT2D eigenvalue weighted by Gasteiger charge is 2.05. The number of halogens is 2. The highest BCUT2D eigenvalue weighted by Crippen LogP contribution is 2.29. The van der Waals surface area contributed by atoms with Crippen LogP contribution in [0.4, 0.5) is 0 Å². The third-order valence-corrected chi connectivity index (χ3v) is 3.99. The molecule has 88 valence electrons. The molecule has 2 aromatic rings. The van der Waals surface area contributed by atoms with Crippen LogP contribution >= 0.6 is 44.1 Å². The van der Waals surface area contributed by atoms with Gasteiger partial charge in [0.15, 0.2) is 0 Å². The topological polar surface area (TPSA) is 37.9 Å². The molecule has 0 aliphatic carbocycles. The summed E-state index contributed by atoms with van der Waals surface area (Å²) in [7, 11) is 1.63. The summed E-state index contributed by atoms with van der Waals surface area (Å²) in [6, 6.07) is 5.73. The van der Waals surface area contributed by atoms with Crippen LogP contribution in [0.3, 0.4) is 0 Å². The van der Waals surface area contributed by atoms with E-state index in [-0.39, 0.29) is 0 Å². The van der Waals surface area contributed by atoms with Gasteiger partial charge < -0.3 is 9.72 Å².